The zero-order chi connectivity index (χ0) is 19.5. The number of Topliss-reactive ketones (excluding diaryl/α,β-unsaturated/α-hetero) is 1. The first kappa shape index (κ1) is 20.3. The van der Waals surface area contributed by atoms with E-state index in [0.717, 1.165) is 0 Å². The van der Waals surface area contributed by atoms with Gasteiger partial charge in [0.2, 0.25) is 10.0 Å². The van der Waals surface area contributed by atoms with Crippen molar-refractivity contribution in [2.45, 2.75) is 57.9 Å². The molecule has 0 aliphatic heterocycles. The molecule has 1 aliphatic carbocycles. The average molecular weight is 378 g/mol. The molecule has 1 aromatic carbocycles. The molecular formula is C19H26N2O4S. The van der Waals surface area contributed by atoms with Crippen LogP contribution in [0.5, 0.6) is 0 Å². The Bertz CT molecular complexity index is 837. The number of ketones is 1. The average Bonchev–Trinajstić information content (AvgIpc) is 2.53. The third-order valence-corrected chi connectivity index (χ3v) is 5.96. The molecule has 0 spiro atoms. The second kappa shape index (κ2) is 7.72. The van der Waals surface area contributed by atoms with Crippen LogP contribution in [0.4, 0.5) is 5.69 Å². The van der Waals surface area contributed by atoms with Gasteiger partial charge in [0, 0.05) is 25.1 Å². The summed E-state index contributed by atoms with van der Waals surface area (Å²) in [5.41, 5.74) is 0.474. The minimum atomic E-state index is -3.56. The van der Waals surface area contributed by atoms with Gasteiger partial charge in [0.25, 0.3) is 0 Å². The van der Waals surface area contributed by atoms with E-state index < -0.39 is 10.0 Å². The zero-order valence-electron chi connectivity index (χ0n) is 15.6. The summed E-state index contributed by atoms with van der Waals surface area (Å²) in [5.74, 6) is -0.0913. The fraction of sp³-hybridized carbons (Fsp3) is 0.474. The van der Waals surface area contributed by atoms with Crippen molar-refractivity contribution in [3.8, 4) is 0 Å². The highest BCUT2D eigenvalue weighted by atomic mass is 32.2. The van der Waals surface area contributed by atoms with E-state index in [2.05, 4.69) is 9.71 Å². The maximum atomic E-state index is 12.2. The number of carbonyl (C=O) groups excluding carboxylic acids is 1. The van der Waals surface area contributed by atoms with Crippen molar-refractivity contribution in [2.75, 3.05) is 0 Å². The highest BCUT2D eigenvalue weighted by molar-refractivity contribution is 7.89. The van der Waals surface area contributed by atoms with Crippen LogP contribution >= 0.6 is 0 Å². The Labute approximate surface area is 155 Å². The number of hydrogen-bond acceptors (Lipinski definition) is 5. The summed E-state index contributed by atoms with van der Waals surface area (Å²) in [6.07, 6.45) is 2.84. The van der Waals surface area contributed by atoms with Crippen molar-refractivity contribution in [1.29, 1.82) is 0 Å². The monoisotopic (exact) mass is 378 g/mol. The number of aliphatic hydroxyl groups is 1. The molecule has 7 heteroatoms. The van der Waals surface area contributed by atoms with Crippen LogP contribution in [-0.4, -0.2) is 31.6 Å². The second-order valence-corrected chi connectivity index (χ2v) is 9.20. The molecule has 26 heavy (non-hydrogen) atoms. The molecule has 0 amide bonds. The molecule has 0 radical (unpaired) electrons. The number of hydrogen-bond donors (Lipinski definition) is 2. The molecular weight excluding hydrogens is 352 g/mol. The van der Waals surface area contributed by atoms with E-state index in [-0.39, 0.29) is 33.5 Å². The van der Waals surface area contributed by atoms with E-state index in [1.54, 1.807) is 19.1 Å². The molecule has 1 unspecified atom stereocenters. The number of benzene rings is 1. The topological polar surface area (TPSA) is 95.8 Å². The second-order valence-electron chi connectivity index (χ2n) is 7.48. The van der Waals surface area contributed by atoms with E-state index in [0.29, 0.717) is 24.9 Å². The lowest BCUT2D eigenvalue weighted by Gasteiger charge is -2.28. The summed E-state index contributed by atoms with van der Waals surface area (Å²) in [6, 6.07) is 5.93. The van der Waals surface area contributed by atoms with Gasteiger partial charge in [-0.05, 0) is 43.0 Å². The van der Waals surface area contributed by atoms with Crippen molar-refractivity contribution >= 4 is 27.7 Å². The Hall–Kier alpha value is -1.99. The predicted octanol–water partition coefficient (Wildman–Crippen LogP) is 3.67. The fourth-order valence-corrected chi connectivity index (χ4v) is 4.04. The summed E-state index contributed by atoms with van der Waals surface area (Å²) in [4.78, 5) is 16.5. The van der Waals surface area contributed by atoms with Gasteiger partial charge >= 0.3 is 0 Å². The Morgan fingerprint density at radius 3 is 2.42 bits per heavy atom. The number of nitrogens with zero attached hydrogens (tertiary/aromatic N) is 1. The predicted molar refractivity (Wildman–Crippen MR) is 102 cm³/mol. The Morgan fingerprint density at radius 2 is 1.88 bits per heavy atom. The molecule has 0 heterocycles. The summed E-state index contributed by atoms with van der Waals surface area (Å²) in [5, 5.41) is 10.1. The van der Waals surface area contributed by atoms with E-state index in [1.807, 2.05) is 20.8 Å². The van der Waals surface area contributed by atoms with Crippen LogP contribution in [0.15, 0.2) is 45.5 Å². The number of rotatable bonds is 6. The Kier molecular flexibility index (Phi) is 6.03. The maximum Gasteiger partial charge on any atom is 0.240 e. The summed E-state index contributed by atoms with van der Waals surface area (Å²) < 4.78 is 27.1. The first-order valence-electron chi connectivity index (χ1n) is 8.66. The maximum absolute atomic E-state index is 12.2. The van der Waals surface area contributed by atoms with Crippen molar-refractivity contribution in [3.05, 3.63) is 35.6 Å². The number of carbonyl (C=O) groups is 1. The molecule has 2 rings (SSSR count). The molecule has 0 bridgehead atoms. The first-order valence-corrected chi connectivity index (χ1v) is 10.1. The minimum absolute atomic E-state index is 0.0481. The molecule has 6 nitrogen and oxygen atoms in total. The molecule has 0 fully saturated rings. The van der Waals surface area contributed by atoms with Crippen molar-refractivity contribution in [3.63, 3.8) is 0 Å². The largest absolute Gasteiger partial charge is 0.511 e. The van der Waals surface area contributed by atoms with Crippen LogP contribution in [0.2, 0.25) is 0 Å². The van der Waals surface area contributed by atoms with Crippen LogP contribution in [0.1, 0.15) is 47.0 Å². The molecule has 1 aliphatic rings. The smallest absolute Gasteiger partial charge is 0.240 e. The van der Waals surface area contributed by atoms with Gasteiger partial charge in [-0.3, -0.25) is 9.79 Å². The summed E-state index contributed by atoms with van der Waals surface area (Å²) in [7, 11) is -3.56. The van der Waals surface area contributed by atoms with Gasteiger partial charge in [-0.1, -0.05) is 20.8 Å². The van der Waals surface area contributed by atoms with E-state index in [1.165, 1.54) is 18.3 Å². The van der Waals surface area contributed by atoms with Crippen LogP contribution in [0, 0.1) is 5.41 Å². The van der Waals surface area contributed by atoms with Crippen molar-refractivity contribution in [1.82, 2.24) is 4.72 Å². The number of sulfonamides is 1. The first-order chi connectivity index (χ1) is 12.0. The third-order valence-electron chi connectivity index (χ3n) is 4.35. The fourth-order valence-electron chi connectivity index (χ4n) is 2.72. The molecule has 2 N–H and O–H groups in total. The van der Waals surface area contributed by atoms with Crippen LogP contribution in [0.3, 0.4) is 0 Å². The Morgan fingerprint density at radius 1 is 1.27 bits per heavy atom. The quantitative estimate of drug-likeness (QED) is 0.738. The number of aliphatic imine (C=N–C) groups is 1. The summed E-state index contributed by atoms with van der Waals surface area (Å²) >= 11 is 0. The van der Waals surface area contributed by atoms with Crippen LogP contribution in [0.25, 0.3) is 0 Å². The zero-order valence-corrected chi connectivity index (χ0v) is 16.4. The molecule has 0 saturated carbocycles. The Balaban J connectivity index is 2.17. The summed E-state index contributed by atoms with van der Waals surface area (Å²) in [6.45, 7) is 7.57. The molecule has 1 atom stereocenters. The van der Waals surface area contributed by atoms with E-state index in [4.69, 9.17) is 0 Å². The van der Waals surface area contributed by atoms with Gasteiger partial charge < -0.3 is 5.11 Å². The number of aliphatic hydroxyl groups excluding tert-OH is 1. The highest BCUT2D eigenvalue weighted by Gasteiger charge is 2.32. The molecule has 142 valence electrons. The molecule has 1 aromatic rings. The van der Waals surface area contributed by atoms with Crippen molar-refractivity contribution < 1.29 is 18.3 Å². The van der Waals surface area contributed by atoms with E-state index in [9.17, 15) is 18.3 Å². The van der Waals surface area contributed by atoms with Gasteiger partial charge in [0.15, 0.2) is 5.78 Å². The highest BCUT2D eigenvalue weighted by Crippen LogP contribution is 2.35. The van der Waals surface area contributed by atoms with Gasteiger partial charge in [0.05, 0.1) is 16.2 Å². The van der Waals surface area contributed by atoms with Crippen LogP contribution in [-0.2, 0) is 14.8 Å². The van der Waals surface area contributed by atoms with Gasteiger partial charge in [0.1, 0.15) is 5.76 Å². The van der Waals surface area contributed by atoms with Crippen LogP contribution < -0.4 is 4.72 Å². The van der Waals surface area contributed by atoms with Crippen molar-refractivity contribution in [2.24, 2.45) is 10.4 Å². The lowest BCUT2D eigenvalue weighted by atomic mass is 9.77. The lowest BCUT2D eigenvalue weighted by molar-refractivity contribution is -0.117. The number of nitrogens with one attached hydrogen (secondary N) is 1. The van der Waals surface area contributed by atoms with Gasteiger partial charge in [-0.15, -0.1) is 0 Å². The van der Waals surface area contributed by atoms with E-state index >= 15 is 0 Å². The molecule has 0 aromatic heterocycles. The van der Waals surface area contributed by atoms with Gasteiger partial charge in [-0.25, -0.2) is 13.1 Å². The number of allylic oxidation sites excluding steroid dienone is 2. The SMILES string of the molecule is CCC(C)NS(=O)(=O)c1ccc(N=CC2=C(O)CC(C)(C)CC2=O)cc1. The normalized spacial score (nSPS) is 19.2. The standard InChI is InChI=1S/C19H26N2O4S/c1-5-13(2)21-26(24,25)15-8-6-14(7-9-15)20-12-16-17(22)10-19(3,4)11-18(16)23/h6-9,12-13,21-22H,5,10-11H2,1-4H3. The minimum Gasteiger partial charge on any atom is -0.511 e. The lowest BCUT2D eigenvalue weighted by Crippen LogP contribution is -2.31. The molecule has 0 saturated heterocycles. The van der Waals surface area contributed by atoms with Gasteiger partial charge in [-0.2, -0.15) is 0 Å². The third kappa shape index (κ3) is 5.02.